The van der Waals surface area contributed by atoms with Gasteiger partial charge in [0, 0.05) is 12.7 Å². The summed E-state index contributed by atoms with van der Waals surface area (Å²) in [5.74, 6) is 0.967. The molecule has 0 saturated heterocycles. The molecule has 1 N–H and O–H groups in total. The first kappa shape index (κ1) is 14.3. The topological polar surface area (TPSA) is 39.7 Å². The predicted molar refractivity (Wildman–Crippen MR) is 74.2 cm³/mol. The van der Waals surface area contributed by atoms with Crippen LogP contribution in [0.3, 0.4) is 0 Å². The van der Waals surface area contributed by atoms with E-state index < -0.39 is 0 Å². The van der Waals surface area contributed by atoms with Crippen LogP contribution in [0.4, 0.5) is 0 Å². The van der Waals surface area contributed by atoms with Gasteiger partial charge in [-0.25, -0.2) is 0 Å². The molecule has 4 nitrogen and oxygen atoms in total. The fourth-order valence-electron chi connectivity index (χ4n) is 2.53. The van der Waals surface area contributed by atoms with Crippen molar-refractivity contribution in [1.29, 1.82) is 0 Å². The molecule has 0 amide bonds. The molecule has 1 aromatic rings. The minimum absolute atomic E-state index is 0.113. The van der Waals surface area contributed by atoms with Crippen LogP contribution in [0.25, 0.3) is 0 Å². The molecule has 2 rings (SSSR count). The molecule has 2 atom stereocenters. The molecule has 4 heteroatoms. The van der Waals surface area contributed by atoms with E-state index in [0.717, 1.165) is 31.6 Å². The molecule has 1 aliphatic rings. The molecule has 0 spiro atoms. The lowest BCUT2D eigenvalue weighted by molar-refractivity contribution is 0.0269. The Bertz CT molecular complexity index is 408. The number of hydrogen-bond acceptors (Lipinski definition) is 4. The molecule has 0 bridgehead atoms. The van der Waals surface area contributed by atoms with Gasteiger partial charge in [-0.05, 0) is 24.5 Å². The third-order valence-electron chi connectivity index (χ3n) is 3.47. The lowest BCUT2D eigenvalue weighted by Gasteiger charge is -2.18. The summed E-state index contributed by atoms with van der Waals surface area (Å²) in [4.78, 5) is 5.13. The summed E-state index contributed by atoms with van der Waals surface area (Å²) in [5.41, 5.74) is 5.52. The molecule has 0 radical (unpaired) electrons. The number of methoxy groups -OCH3 is 1. The molecular weight excluding hydrogens is 242 g/mol. The highest BCUT2D eigenvalue weighted by molar-refractivity contribution is 5.43. The number of nitrogens with one attached hydrogen (secondary N) is 1. The SMILES string of the molecule is CCCC1Oc2ccc(CCOC)cc2C1NOC. The highest BCUT2D eigenvalue weighted by Gasteiger charge is 2.33. The molecule has 106 valence electrons. The van der Waals surface area contributed by atoms with Crippen molar-refractivity contribution in [2.45, 2.75) is 38.3 Å². The van der Waals surface area contributed by atoms with E-state index in [2.05, 4.69) is 30.6 Å². The van der Waals surface area contributed by atoms with Crippen molar-refractivity contribution in [1.82, 2.24) is 5.48 Å². The number of fused-ring (bicyclic) bond motifs is 1. The maximum Gasteiger partial charge on any atom is 0.124 e. The minimum atomic E-state index is 0.113. The lowest BCUT2D eigenvalue weighted by Crippen LogP contribution is -2.30. The van der Waals surface area contributed by atoms with Crippen LogP contribution in [0.1, 0.15) is 36.9 Å². The van der Waals surface area contributed by atoms with Gasteiger partial charge in [0.15, 0.2) is 0 Å². The Hall–Kier alpha value is -1.10. The van der Waals surface area contributed by atoms with E-state index in [4.69, 9.17) is 14.3 Å². The fraction of sp³-hybridized carbons (Fsp3) is 0.600. The Morgan fingerprint density at radius 1 is 1.32 bits per heavy atom. The van der Waals surface area contributed by atoms with E-state index in [1.807, 2.05) is 0 Å². The average molecular weight is 265 g/mol. The first-order valence-corrected chi connectivity index (χ1v) is 6.87. The van der Waals surface area contributed by atoms with Gasteiger partial charge in [0.25, 0.3) is 0 Å². The third-order valence-corrected chi connectivity index (χ3v) is 3.47. The normalized spacial score (nSPS) is 21.2. The number of ether oxygens (including phenoxy) is 2. The van der Waals surface area contributed by atoms with E-state index in [-0.39, 0.29) is 12.1 Å². The van der Waals surface area contributed by atoms with Crippen LogP contribution in [0.15, 0.2) is 18.2 Å². The standard InChI is InChI=1S/C15H23NO3/c1-4-5-14-15(16-18-3)12-10-11(8-9-17-2)6-7-13(12)19-14/h6-7,10,14-16H,4-5,8-9H2,1-3H3. The van der Waals surface area contributed by atoms with Crippen molar-refractivity contribution in [3.63, 3.8) is 0 Å². The van der Waals surface area contributed by atoms with Crippen molar-refractivity contribution < 1.29 is 14.3 Å². The van der Waals surface area contributed by atoms with Crippen molar-refractivity contribution in [3.8, 4) is 5.75 Å². The molecule has 1 aromatic carbocycles. The summed E-state index contributed by atoms with van der Waals surface area (Å²) in [6.45, 7) is 2.90. The highest BCUT2D eigenvalue weighted by atomic mass is 16.6. The quantitative estimate of drug-likeness (QED) is 0.769. The summed E-state index contributed by atoms with van der Waals surface area (Å²) >= 11 is 0. The van der Waals surface area contributed by atoms with Gasteiger partial charge >= 0.3 is 0 Å². The van der Waals surface area contributed by atoms with Gasteiger partial charge < -0.3 is 14.3 Å². The minimum Gasteiger partial charge on any atom is -0.488 e. The molecule has 2 unspecified atom stereocenters. The molecule has 19 heavy (non-hydrogen) atoms. The zero-order chi connectivity index (χ0) is 13.7. The van der Waals surface area contributed by atoms with Gasteiger partial charge in [-0.15, -0.1) is 0 Å². The first-order valence-electron chi connectivity index (χ1n) is 6.87. The van der Waals surface area contributed by atoms with Gasteiger partial charge in [0.1, 0.15) is 11.9 Å². The van der Waals surface area contributed by atoms with E-state index in [9.17, 15) is 0 Å². The van der Waals surface area contributed by atoms with Crippen molar-refractivity contribution in [2.24, 2.45) is 0 Å². The number of hydroxylamine groups is 1. The van der Waals surface area contributed by atoms with Gasteiger partial charge in [0.05, 0.1) is 19.8 Å². The predicted octanol–water partition coefficient (Wildman–Crippen LogP) is 2.63. The van der Waals surface area contributed by atoms with Crippen molar-refractivity contribution >= 4 is 0 Å². The van der Waals surface area contributed by atoms with Gasteiger partial charge in [-0.3, -0.25) is 0 Å². The Morgan fingerprint density at radius 2 is 2.16 bits per heavy atom. The summed E-state index contributed by atoms with van der Waals surface area (Å²) in [7, 11) is 3.37. The Kier molecular flexibility index (Phi) is 5.19. The van der Waals surface area contributed by atoms with E-state index in [0.29, 0.717) is 0 Å². The summed E-state index contributed by atoms with van der Waals surface area (Å²) in [5, 5.41) is 0. The van der Waals surface area contributed by atoms with Crippen LogP contribution in [-0.2, 0) is 16.0 Å². The number of benzene rings is 1. The van der Waals surface area contributed by atoms with E-state index in [1.54, 1.807) is 14.2 Å². The summed E-state index contributed by atoms with van der Waals surface area (Å²) < 4.78 is 11.1. The van der Waals surface area contributed by atoms with E-state index >= 15 is 0 Å². The Balaban J connectivity index is 2.18. The van der Waals surface area contributed by atoms with Crippen LogP contribution in [0, 0.1) is 0 Å². The third kappa shape index (κ3) is 3.26. The first-order chi connectivity index (χ1) is 9.30. The molecule has 1 heterocycles. The molecule has 0 aliphatic carbocycles. The van der Waals surface area contributed by atoms with Crippen LogP contribution in [0.2, 0.25) is 0 Å². The Morgan fingerprint density at radius 3 is 2.84 bits per heavy atom. The zero-order valence-electron chi connectivity index (χ0n) is 11.9. The fourth-order valence-corrected chi connectivity index (χ4v) is 2.53. The van der Waals surface area contributed by atoms with Gasteiger partial charge in [-0.2, -0.15) is 5.48 Å². The molecule has 1 aliphatic heterocycles. The molecule has 0 fully saturated rings. The average Bonchev–Trinajstić information content (AvgIpc) is 2.75. The summed E-state index contributed by atoms with van der Waals surface area (Å²) in [6.07, 6.45) is 3.18. The van der Waals surface area contributed by atoms with Crippen molar-refractivity contribution in [3.05, 3.63) is 29.3 Å². The summed E-state index contributed by atoms with van der Waals surface area (Å²) in [6, 6.07) is 6.47. The number of hydrogen-bond donors (Lipinski definition) is 1. The smallest absolute Gasteiger partial charge is 0.124 e. The molecule has 0 saturated carbocycles. The monoisotopic (exact) mass is 265 g/mol. The Labute approximate surface area is 115 Å². The second-order valence-electron chi connectivity index (χ2n) is 4.86. The maximum atomic E-state index is 6.00. The maximum absolute atomic E-state index is 6.00. The van der Waals surface area contributed by atoms with Crippen LogP contribution in [0.5, 0.6) is 5.75 Å². The van der Waals surface area contributed by atoms with Gasteiger partial charge in [-0.1, -0.05) is 25.5 Å². The van der Waals surface area contributed by atoms with Crippen molar-refractivity contribution in [2.75, 3.05) is 20.8 Å². The van der Waals surface area contributed by atoms with Crippen LogP contribution in [-0.4, -0.2) is 26.9 Å². The van der Waals surface area contributed by atoms with Crippen LogP contribution < -0.4 is 10.2 Å². The lowest BCUT2D eigenvalue weighted by atomic mass is 9.99. The van der Waals surface area contributed by atoms with E-state index in [1.165, 1.54) is 11.1 Å². The highest BCUT2D eigenvalue weighted by Crippen LogP contribution is 2.38. The largest absolute Gasteiger partial charge is 0.488 e. The molecule has 0 aromatic heterocycles. The second-order valence-corrected chi connectivity index (χ2v) is 4.86. The second kappa shape index (κ2) is 6.89. The number of rotatable bonds is 7. The zero-order valence-corrected chi connectivity index (χ0v) is 11.9. The van der Waals surface area contributed by atoms with Gasteiger partial charge in [0.2, 0.25) is 0 Å². The molecular formula is C15H23NO3. The van der Waals surface area contributed by atoms with Crippen LogP contribution >= 0.6 is 0 Å².